The third-order valence-corrected chi connectivity index (χ3v) is 4.51. The summed E-state index contributed by atoms with van der Waals surface area (Å²) < 4.78 is 5.24. The number of nitrogens with one attached hydrogen (secondary N) is 1. The normalized spacial score (nSPS) is 11.3. The van der Waals surface area contributed by atoms with Gasteiger partial charge in [-0.15, -0.1) is 0 Å². The van der Waals surface area contributed by atoms with Crippen LogP contribution in [0.25, 0.3) is 10.8 Å². The van der Waals surface area contributed by atoms with Crippen molar-refractivity contribution in [3.8, 4) is 0 Å². The van der Waals surface area contributed by atoms with E-state index in [1.165, 1.54) is 0 Å². The summed E-state index contributed by atoms with van der Waals surface area (Å²) in [6.07, 6.45) is 0. The van der Waals surface area contributed by atoms with Crippen LogP contribution < -0.4 is 5.56 Å². The van der Waals surface area contributed by atoms with E-state index in [1.807, 2.05) is 51.1 Å². The van der Waals surface area contributed by atoms with Crippen LogP contribution in [0.1, 0.15) is 36.8 Å². The lowest BCUT2D eigenvalue weighted by atomic mass is 10.0. The summed E-state index contributed by atoms with van der Waals surface area (Å²) in [6, 6.07) is 16.2. The molecule has 3 rings (SSSR count). The Bertz CT molecular complexity index is 1080. The maximum absolute atomic E-state index is 12.8. The first-order valence-corrected chi connectivity index (χ1v) is 9.26. The molecule has 7 nitrogen and oxygen atoms in total. The Hall–Kier alpha value is -3.48. The molecule has 0 spiro atoms. The molecule has 0 fully saturated rings. The first-order chi connectivity index (χ1) is 13.8. The topological polar surface area (TPSA) is 92.4 Å². The SMILES string of the molecule is CC(C)(C)N(Cc1ccccc1)C(=O)COC(=O)c1n[nH]c(=O)c2ccccc12. The monoisotopic (exact) mass is 393 g/mol. The summed E-state index contributed by atoms with van der Waals surface area (Å²) in [4.78, 5) is 38.9. The number of H-pyrrole nitrogens is 1. The van der Waals surface area contributed by atoms with Crippen LogP contribution in [0.4, 0.5) is 0 Å². The van der Waals surface area contributed by atoms with Crippen LogP contribution in [0.2, 0.25) is 0 Å². The number of ether oxygens (including phenoxy) is 1. The molecule has 29 heavy (non-hydrogen) atoms. The fraction of sp³-hybridized carbons (Fsp3) is 0.273. The smallest absolute Gasteiger partial charge is 0.359 e. The number of hydrogen-bond donors (Lipinski definition) is 1. The van der Waals surface area contributed by atoms with Crippen LogP contribution in [0.3, 0.4) is 0 Å². The number of aromatic nitrogens is 2. The second-order valence-electron chi connectivity index (χ2n) is 7.66. The molecular formula is C22H23N3O4. The third-order valence-electron chi connectivity index (χ3n) is 4.51. The van der Waals surface area contributed by atoms with Gasteiger partial charge in [-0.25, -0.2) is 9.89 Å². The van der Waals surface area contributed by atoms with Crippen molar-refractivity contribution in [2.24, 2.45) is 0 Å². The van der Waals surface area contributed by atoms with E-state index in [0.29, 0.717) is 17.3 Å². The number of amides is 1. The summed E-state index contributed by atoms with van der Waals surface area (Å²) >= 11 is 0. The summed E-state index contributed by atoms with van der Waals surface area (Å²) in [5.41, 5.74) is 0.103. The maximum atomic E-state index is 12.8. The van der Waals surface area contributed by atoms with Crippen molar-refractivity contribution >= 4 is 22.6 Å². The average Bonchev–Trinajstić information content (AvgIpc) is 2.70. The molecule has 0 aliphatic heterocycles. The van der Waals surface area contributed by atoms with Gasteiger partial charge in [0, 0.05) is 17.5 Å². The molecule has 1 aromatic heterocycles. The van der Waals surface area contributed by atoms with E-state index >= 15 is 0 Å². The van der Waals surface area contributed by atoms with E-state index in [0.717, 1.165) is 5.56 Å². The molecule has 1 heterocycles. The van der Waals surface area contributed by atoms with Crippen molar-refractivity contribution in [1.82, 2.24) is 15.1 Å². The second kappa shape index (κ2) is 8.26. The van der Waals surface area contributed by atoms with Crippen molar-refractivity contribution in [1.29, 1.82) is 0 Å². The predicted octanol–water partition coefficient (Wildman–Crippen LogP) is 2.91. The highest BCUT2D eigenvalue weighted by Crippen LogP contribution is 2.18. The van der Waals surface area contributed by atoms with E-state index in [4.69, 9.17) is 4.74 Å². The largest absolute Gasteiger partial charge is 0.451 e. The van der Waals surface area contributed by atoms with Crippen LogP contribution >= 0.6 is 0 Å². The molecule has 1 amide bonds. The molecule has 0 unspecified atom stereocenters. The maximum Gasteiger partial charge on any atom is 0.359 e. The summed E-state index contributed by atoms with van der Waals surface area (Å²) in [5, 5.41) is 6.81. The van der Waals surface area contributed by atoms with Crippen LogP contribution in [-0.4, -0.2) is 39.1 Å². The van der Waals surface area contributed by atoms with E-state index in [-0.39, 0.29) is 11.6 Å². The van der Waals surface area contributed by atoms with Gasteiger partial charge in [-0.3, -0.25) is 9.59 Å². The standard InChI is InChI=1S/C22H23N3O4/c1-22(2,3)25(13-15-9-5-4-6-10-15)18(26)14-29-21(28)19-16-11-7-8-12-17(16)20(27)24-23-19/h4-12H,13-14H2,1-3H3,(H,24,27). The van der Waals surface area contributed by atoms with Crippen LogP contribution in [0.15, 0.2) is 59.4 Å². The number of carbonyl (C=O) groups is 2. The van der Waals surface area contributed by atoms with E-state index in [2.05, 4.69) is 10.2 Å². The number of fused-ring (bicyclic) bond motifs is 1. The number of esters is 1. The molecule has 0 bridgehead atoms. The Morgan fingerprint density at radius 1 is 1.00 bits per heavy atom. The molecular weight excluding hydrogens is 370 g/mol. The van der Waals surface area contributed by atoms with Gasteiger partial charge in [0.05, 0.1) is 5.39 Å². The van der Waals surface area contributed by atoms with E-state index in [1.54, 1.807) is 29.2 Å². The number of hydrogen-bond acceptors (Lipinski definition) is 5. The number of benzene rings is 2. The highest BCUT2D eigenvalue weighted by molar-refractivity contribution is 6.02. The van der Waals surface area contributed by atoms with Gasteiger partial charge >= 0.3 is 5.97 Å². The number of rotatable bonds is 5. The summed E-state index contributed by atoms with van der Waals surface area (Å²) in [6.45, 7) is 5.75. The molecule has 0 aliphatic carbocycles. The van der Waals surface area contributed by atoms with Crippen molar-refractivity contribution < 1.29 is 14.3 Å². The van der Waals surface area contributed by atoms with Gasteiger partial charge in [0.1, 0.15) is 0 Å². The molecule has 1 N–H and O–H groups in total. The van der Waals surface area contributed by atoms with Crippen LogP contribution in [0.5, 0.6) is 0 Å². The lowest BCUT2D eigenvalue weighted by Crippen LogP contribution is -2.46. The summed E-state index contributed by atoms with van der Waals surface area (Å²) in [5.74, 6) is -1.08. The molecule has 0 saturated carbocycles. The summed E-state index contributed by atoms with van der Waals surface area (Å²) in [7, 11) is 0. The third kappa shape index (κ3) is 4.68. The highest BCUT2D eigenvalue weighted by atomic mass is 16.5. The Kier molecular flexibility index (Phi) is 5.77. The first kappa shape index (κ1) is 20.3. The molecule has 0 atom stereocenters. The molecule has 0 saturated heterocycles. The minimum atomic E-state index is -0.764. The van der Waals surface area contributed by atoms with Crippen LogP contribution in [0, 0.1) is 0 Å². The van der Waals surface area contributed by atoms with Crippen molar-refractivity contribution in [2.45, 2.75) is 32.9 Å². The zero-order valence-electron chi connectivity index (χ0n) is 16.6. The Labute approximate surface area is 168 Å². The van der Waals surface area contributed by atoms with E-state index < -0.39 is 23.7 Å². The fourth-order valence-corrected chi connectivity index (χ4v) is 3.01. The molecule has 2 aromatic carbocycles. The number of carbonyl (C=O) groups excluding carboxylic acids is 2. The van der Waals surface area contributed by atoms with Gasteiger partial charge in [0.15, 0.2) is 12.3 Å². The van der Waals surface area contributed by atoms with Gasteiger partial charge in [-0.1, -0.05) is 48.5 Å². The van der Waals surface area contributed by atoms with Crippen molar-refractivity contribution in [3.05, 3.63) is 76.2 Å². The molecule has 7 heteroatoms. The molecule has 0 aliphatic rings. The Morgan fingerprint density at radius 2 is 1.62 bits per heavy atom. The molecule has 0 radical (unpaired) electrons. The minimum Gasteiger partial charge on any atom is -0.451 e. The molecule has 150 valence electrons. The van der Waals surface area contributed by atoms with Gasteiger partial charge in [0.25, 0.3) is 11.5 Å². The lowest BCUT2D eigenvalue weighted by molar-refractivity contribution is -0.140. The second-order valence-corrected chi connectivity index (χ2v) is 7.66. The number of aromatic amines is 1. The zero-order chi connectivity index (χ0) is 21.0. The fourth-order valence-electron chi connectivity index (χ4n) is 3.01. The van der Waals surface area contributed by atoms with Gasteiger partial charge in [-0.2, -0.15) is 5.10 Å². The minimum absolute atomic E-state index is 0.0293. The zero-order valence-corrected chi connectivity index (χ0v) is 16.6. The highest BCUT2D eigenvalue weighted by Gasteiger charge is 2.28. The van der Waals surface area contributed by atoms with Crippen LogP contribution in [-0.2, 0) is 16.1 Å². The molecule has 3 aromatic rings. The Morgan fingerprint density at radius 3 is 2.28 bits per heavy atom. The first-order valence-electron chi connectivity index (χ1n) is 9.26. The van der Waals surface area contributed by atoms with Crippen molar-refractivity contribution in [2.75, 3.05) is 6.61 Å². The Balaban J connectivity index is 1.76. The van der Waals surface area contributed by atoms with Gasteiger partial charge in [-0.05, 0) is 32.4 Å². The van der Waals surface area contributed by atoms with Gasteiger partial charge in [0.2, 0.25) is 0 Å². The predicted molar refractivity (Wildman–Crippen MR) is 109 cm³/mol. The van der Waals surface area contributed by atoms with Crippen molar-refractivity contribution in [3.63, 3.8) is 0 Å². The quantitative estimate of drug-likeness (QED) is 0.673. The van der Waals surface area contributed by atoms with E-state index in [9.17, 15) is 14.4 Å². The average molecular weight is 393 g/mol. The number of nitrogens with zero attached hydrogens (tertiary/aromatic N) is 2. The van der Waals surface area contributed by atoms with Gasteiger partial charge < -0.3 is 9.64 Å². The lowest BCUT2D eigenvalue weighted by Gasteiger charge is -2.35.